The standard InChI is InChI=1S/C20H18N4O5/c25-23(26)15-11-9-13(10-12-15)18-19-16(22-21-14-5-2-1-3-6-14)7-4-8-17(19)29-20(18)24(27)28/h1-3,5-6,9-12,18,20-21H,4,7-8H2/b22-16+. The maximum absolute atomic E-state index is 11.7. The molecule has 0 amide bonds. The fourth-order valence-electron chi connectivity index (χ4n) is 3.74. The zero-order valence-corrected chi connectivity index (χ0v) is 15.4. The van der Waals surface area contributed by atoms with Gasteiger partial charge in [-0.3, -0.25) is 25.7 Å². The van der Waals surface area contributed by atoms with Gasteiger partial charge >= 0.3 is 6.23 Å². The minimum absolute atomic E-state index is 0.0669. The van der Waals surface area contributed by atoms with Crippen LogP contribution < -0.4 is 5.43 Å². The van der Waals surface area contributed by atoms with E-state index in [1.165, 1.54) is 12.1 Å². The lowest BCUT2D eigenvalue weighted by molar-refractivity contribution is -0.570. The van der Waals surface area contributed by atoms with Crippen LogP contribution in [-0.2, 0) is 4.74 Å². The van der Waals surface area contributed by atoms with Crippen molar-refractivity contribution in [1.29, 1.82) is 0 Å². The van der Waals surface area contributed by atoms with Gasteiger partial charge in [-0.05, 0) is 30.5 Å². The zero-order chi connectivity index (χ0) is 20.4. The Morgan fingerprint density at radius 1 is 1.00 bits per heavy atom. The fraction of sp³-hybridized carbons (Fsp3) is 0.250. The SMILES string of the molecule is O=[N+]([O-])c1ccc(C2C3=C(CCC/C3=N\Nc3ccccc3)OC2[N+](=O)[O-])cc1. The first kappa shape index (κ1) is 18.6. The van der Waals surface area contributed by atoms with E-state index in [1.807, 2.05) is 30.3 Å². The lowest BCUT2D eigenvalue weighted by Gasteiger charge is -2.19. The van der Waals surface area contributed by atoms with E-state index in [1.54, 1.807) is 12.1 Å². The van der Waals surface area contributed by atoms with Crippen LogP contribution in [0.5, 0.6) is 0 Å². The lowest BCUT2D eigenvalue weighted by atomic mass is 9.83. The summed E-state index contributed by atoms with van der Waals surface area (Å²) in [4.78, 5) is 21.7. The first-order valence-electron chi connectivity index (χ1n) is 9.20. The Labute approximate surface area is 166 Å². The van der Waals surface area contributed by atoms with E-state index in [2.05, 4.69) is 10.5 Å². The second kappa shape index (κ2) is 7.70. The minimum atomic E-state index is -1.28. The number of allylic oxidation sites excluding steroid dienone is 1. The number of hydrogen-bond acceptors (Lipinski definition) is 7. The second-order valence-corrected chi connectivity index (χ2v) is 6.85. The third-order valence-corrected chi connectivity index (χ3v) is 5.05. The average molecular weight is 394 g/mol. The molecule has 2 aliphatic rings. The van der Waals surface area contributed by atoms with Gasteiger partial charge in [-0.25, -0.2) is 0 Å². The molecule has 1 heterocycles. The lowest BCUT2D eigenvalue weighted by Crippen LogP contribution is -2.27. The van der Waals surface area contributed by atoms with Gasteiger partial charge in [0, 0.05) is 24.1 Å². The molecule has 0 saturated heterocycles. The largest absolute Gasteiger partial charge is 0.433 e. The van der Waals surface area contributed by atoms with E-state index >= 15 is 0 Å². The highest BCUT2D eigenvalue weighted by Crippen LogP contribution is 2.44. The quantitative estimate of drug-likeness (QED) is 0.599. The summed E-state index contributed by atoms with van der Waals surface area (Å²) in [6, 6.07) is 15.2. The van der Waals surface area contributed by atoms with Crippen molar-refractivity contribution in [1.82, 2.24) is 0 Å². The van der Waals surface area contributed by atoms with Crippen LogP contribution in [0.3, 0.4) is 0 Å². The van der Waals surface area contributed by atoms with E-state index < -0.39 is 22.0 Å². The predicted octanol–water partition coefficient (Wildman–Crippen LogP) is 4.22. The molecule has 0 bridgehead atoms. The Bertz CT molecular complexity index is 1000. The highest BCUT2D eigenvalue weighted by molar-refractivity contribution is 6.03. The summed E-state index contributed by atoms with van der Waals surface area (Å²) in [5.41, 5.74) is 5.76. The number of rotatable bonds is 5. The summed E-state index contributed by atoms with van der Waals surface area (Å²) in [7, 11) is 0. The molecule has 9 nitrogen and oxygen atoms in total. The third kappa shape index (κ3) is 3.66. The van der Waals surface area contributed by atoms with Gasteiger partial charge in [0.2, 0.25) is 0 Å². The van der Waals surface area contributed by atoms with Gasteiger partial charge in [0.05, 0.1) is 21.2 Å². The fourth-order valence-corrected chi connectivity index (χ4v) is 3.74. The number of nitrogens with zero attached hydrogens (tertiary/aromatic N) is 3. The van der Waals surface area contributed by atoms with Crippen molar-refractivity contribution in [3.63, 3.8) is 0 Å². The molecule has 0 radical (unpaired) electrons. The van der Waals surface area contributed by atoms with Gasteiger partial charge in [-0.15, -0.1) is 0 Å². The van der Waals surface area contributed by atoms with Crippen molar-refractivity contribution in [2.24, 2.45) is 5.10 Å². The maximum atomic E-state index is 11.7. The number of nitro benzene ring substituents is 1. The van der Waals surface area contributed by atoms with E-state index in [0.29, 0.717) is 35.4 Å². The molecule has 2 aromatic rings. The predicted molar refractivity (Wildman–Crippen MR) is 106 cm³/mol. The van der Waals surface area contributed by atoms with Crippen molar-refractivity contribution < 1.29 is 14.6 Å². The number of non-ortho nitro benzene ring substituents is 1. The van der Waals surface area contributed by atoms with Crippen molar-refractivity contribution in [3.8, 4) is 0 Å². The maximum Gasteiger partial charge on any atom is 0.364 e. The number of hydrogen-bond donors (Lipinski definition) is 1. The summed E-state index contributed by atoms with van der Waals surface area (Å²) in [5.74, 6) is -0.0904. The molecule has 148 valence electrons. The molecule has 1 N–H and O–H groups in total. The summed E-state index contributed by atoms with van der Waals surface area (Å²) in [6.07, 6.45) is 0.774. The number of para-hydroxylation sites is 1. The Morgan fingerprint density at radius 3 is 2.38 bits per heavy atom. The third-order valence-electron chi connectivity index (χ3n) is 5.05. The topological polar surface area (TPSA) is 120 Å². The molecule has 2 unspecified atom stereocenters. The molecule has 2 aromatic carbocycles. The van der Waals surface area contributed by atoms with Gasteiger partial charge in [0.15, 0.2) is 0 Å². The van der Waals surface area contributed by atoms with Crippen LogP contribution in [0, 0.1) is 20.2 Å². The second-order valence-electron chi connectivity index (χ2n) is 6.85. The van der Waals surface area contributed by atoms with Crippen molar-refractivity contribution in [3.05, 3.63) is 91.7 Å². The summed E-state index contributed by atoms with van der Waals surface area (Å²) in [6.45, 7) is 0. The highest BCUT2D eigenvalue weighted by atomic mass is 16.7. The molecule has 29 heavy (non-hydrogen) atoms. The van der Waals surface area contributed by atoms with Gasteiger partial charge < -0.3 is 4.74 Å². The molecule has 0 saturated carbocycles. The van der Waals surface area contributed by atoms with Crippen LogP contribution in [0.15, 0.2) is 71.0 Å². The molecular weight excluding hydrogens is 376 g/mol. The van der Waals surface area contributed by atoms with Crippen LogP contribution in [0.4, 0.5) is 11.4 Å². The molecule has 2 atom stereocenters. The zero-order valence-electron chi connectivity index (χ0n) is 15.4. The number of hydrazone groups is 1. The van der Waals surface area contributed by atoms with Gasteiger partial charge in [-0.1, -0.05) is 30.3 Å². The van der Waals surface area contributed by atoms with Crippen LogP contribution in [0.1, 0.15) is 30.7 Å². The smallest absolute Gasteiger partial charge is 0.364 e. The van der Waals surface area contributed by atoms with E-state index in [-0.39, 0.29) is 5.69 Å². The Hall–Kier alpha value is -3.75. The highest BCUT2D eigenvalue weighted by Gasteiger charge is 2.48. The van der Waals surface area contributed by atoms with E-state index in [4.69, 9.17) is 4.74 Å². The normalized spacial score (nSPS) is 22.1. The number of anilines is 1. The Balaban J connectivity index is 1.71. The van der Waals surface area contributed by atoms with Crippen LogP contribution in [0.25, 0.3) is 0 Å². The van der Waals surface area contributed by atoms with Gasteiger partial charge in [-0.2, -0.15) is 5.10 Å². The van der Waals surface area contributed by atoms with E-state index in [0.717, 1.165) is 12.1 Å². The Kier molecular flexibility index (Phi) is 4.94. The number of nitrogens with one attached hydrogen (secondary N) is 1. The van der Waals surface area contributed by atoms with E-state index in [9.17, 15) is 20.2 Å². The minimum Gasteiger partial charge on any atom is -0.433 e. The van der Waals surface area contributed by atoms with Crippen molar-refractivity contribution in [2.75, 3.05) is 5.43 Å². The van der Waals surface area contributed by atoms with Crippen molar-refractivity contribution in [2.45, 2.75) is 31.4 Å². The van der Waals surface area contributed by atoms with Crippen LogP contribution in [0.2, 0.25) is 0 Å². The molecule has 0 spiro atoms. The molecule has 0 aromatic heterocycles. The first-order valence-corrected chi connectivity index (χ1v) is 9.20. The molecular formula is C20H18N4O5. The monoisotopic (exact) mass is 394 g/mol. The molecule has 9 heteroatoms. The molecule has 1 aliphatic heterocycles. The number of ether oxygens (including phenoxy) is 1. The summed E-state index contributed by atoms with van der Waals surface area (Å²) >= 11 is 0. The average Bonchev–Trinajstić information content (AvgIpc) is 3.13. The van der Waals surface area contributed by atoms with Gasteiger partial charge in [0.25, 0.3) is 5.69 Å². The first-order chi connectivity index (χ1) is 14.0. The molecule has 1 aliphatic carbocycles. The number of benzene rings is 2. The number of nitro groups is 2. The molecule has 0 fully saturated rings. The van der Waals surface area contributed by atoms with Crippen molar-refractivity contribution >= 4 is 17.1 Å². The molecule has 4 rings (SSSR count). The van der Waals surface area contributed by atoms with Crippen LogP contribution in [-0.4, -0.2) is 21.8 Å². The summed E-state index contributed by atoms with van der Waals surface area (Å²) < 4.78 is 5.69. The van der Waals surface area contributed by atoms with Gasteiger partial charge in [0.1, 0.15) is 11.7 Å². The summed E-state index contributed by atoms with van der Waals surface area (Å²) in [5, 5.41) is 27.1. The van der Waals surface area contributed by atoms with Crippen LogP contribution >= 0.6 is 0 Å². The Morgan fingerprint density at radius 2 is 1.72 bits per heavy atom.